The van der Waals surface area contributed by atoms with Crippen molar-refractivity contribution in [2.75, 3.05) is 7.05 Å². The average molecular weight is 322 g/mol. The van der Waals surface area contributed by atoms with Gasteiger partial charge in [-0.25, -0.2) is 4.68 Å². The Bertz CT molecular complexity index is 602. The Morgan fingerprint density at radius 2 is 1.95 bits per heavy atom. The molecule has 0 radical (unpaired) electrons. The fourth-order valence-corrected chi connectivity index (χ4v) is 2.55. The number of rotatable bonds is 3. The van der Waals surface area contributed by atoms with E-state index in [9.17, 15) is 0 Å². The Balaban J connectivity index is 2.64. The lowest BCUT2D eigenvalue weighted by Gasteiger charge is -2.17. The van der Waals surface area contributed by atoms with Crippen LogP contribution in [0.25, 0.3) is 5.69 Å². The summed E-state index contributed by atoms with van der Waals surface area (Å²) in [4.78, 5) is 0. The topological polar surface area (TPSA) is 29.9 Å². The van der Waals surface area contributed by atoms with Crippen LogP contribution in [0.15, 0.2) is 22.7 Å². The van der Waals surface area contributed by atoms with Crippen molar-refractivity contribution < 1.29 is 0 Å². The van der Waals surface area contributed by atoms with Crippen LogP contribution in [0.1, 0.15) is 35.5 Å². The standard InChI is InChI=1S/C15H20BrN3/c1-9-10(2)18-19(12(9)4)15-7-6-13(16)8-14(15)11(3)17-5/h6-8,11,17H,1-5H3. The molecule has 1 N–H and O–H groups in total. The van der Waals surface area contributed by atoms with Gasteiger partial charge in [0.25, 0.3) is 0 Å². The van der Waals surface area contributed by atoms with Gasteiger partial charge in [0.15, 0.2) is 0 Å². The molecule has 1 atom stereocenters. The second-order valence-corrected chi connectivity index (χ2v) is 5.84. The van der Waals surface area contributed by atoms with Crippen LogP contribution in [0.5, 0.6) is 0 Å². The number of nitrogens with one attached hydrogen (secondary N) is 1. The lowest BCUT2D eigenvalue weighted by Crippen LogP contribution is -2.16. The molecule has 0 spiro atoms. The molecule has 0 aliphatic rings. The molecule has 102 valence electrons. The molecule has 1 aromatic carbocycles. The van der Waals surface area contributed by atoms with E-state index in [2.05, 4.69) is 72.2 Å². The Morgan fingerprint density at radius 1 is 1.26 bits per heavy atom. The minimum Gasteiger partial charge on any atom is -0.313 e. The van der Waals surface area contributed by atoms with Crippen molar-refractivity contribution in [3.8, 4) is 5.69 Å². The maximum atomic E-state index is 4.66. The van der Waals surface area contributed by atoms with Crippen molar-refractivity contribution in [2.24, 2.45) is 0 Å². The van der Waals surface area contributed by atoms with Crippen molar-refractivity contribution in [3.63, 3.8) is 0 Å². The summed E-state index contributed by atoms with van der Waals surface area (Å²) in [5.74, 6) is 0. The van der Waals surface area contributed by atoms with Crippen LogP contribution in [0, 0.1) is 20.8 Å². The van der Waals surface area contributed by atoms with Gasteiger partial charge in [-0.1, -0.05) is 15.9 Å². The molecule has 2 rings (SSSR count). The molecule has 0 fully saturated rings. The number of hydrogen-bond donors (Lipinski definition) is 1. The third-order valence-electron chi connectivity index (χ3n) is 3.77. The molecule has 19 heavy (non-hydrogen) atoms. The fourth-order valence-electron chi connectivity index (χ4n) is 2.18. The lowest BCUT2D eigenvalue weighted by molar-refractivity contribution is 0.642. The number of aromatic nitrogens is 2. The summed E-state index contributed by atoms with van der Waals surface area (Å²) >= 11 is 3.55. The number of aryl methyl sites for hydroxylation is 1. The average Bonchev–Trinajstić information content (AvgIpc) is 2.65. The summed E-state index contributed by atoms with van der Waals surface area (Å²) in [6.45, 7) is 8.45. The number of hydrogen-bond acceptors (Lipinski definition) is 2. The number of benzene rings is 1. The third-order valence-corrected chi connectivity index (χ3v) is 4.26. The first kappa shape index (κ1) is 14.3. The highest BCUT2D eigenvalue weighted by Gasteiger charge is 2.15. The van der Waals surface area contributed by atoms with Gasteiger partial charge in [-0.3, -0.25) is 0 Å². The van der Waals surface area contributed by atoms with E-state index < -0.39 is 0 Å². The van der Waals surface area contributed by atoms with Gasteiger partial charge in [-0.15, -0.1) is 0 Å². The second-order valence-electron chi connectivity index (χ2n) is 4.92. The van der Waals surface area contributed by atoms with Crippen molar-refractivity contribution >= 4 is 15.9 Å². The molecule has 0 aliphatic carbocycles. The van der Waals surface area contributed by atoms with Crippen LogP contribution < -0.4 is 5.32 Å². The molecule has 1 unspecified atom stereocenters. The van der Waals surface area contributed by atoms with Gasteiger partial charge in [0.1, 0.15) is 0 Å². The molecule has 0 amide bonds. The minimum absolute atomic E-state index is 0.275. The van der Waals surface area contributed by atoms with Gasteiger partial charge in [0, 0.05) is 16.2 Å². The molecule has 1 heterocycles. The van der Waals surface area contributed by atoms with Gasteiger partial charge in [0.2, 0.25) is 0 Å². The Morgan fingerprint density at radius 3 is 2.47 bits per heavy atom. The molecule has 1 aromatic heterocycles. The predicted octanol–water partition coefficient (Wildman–Crippen LogP) is 3.84. The zero-order chi connectivity index (χ0) is 14.2. The zero-order valence-electron chi connectivity index (χ0n) is 12.1. The molecule has 0 aliphatic heterocycles. The maximum Gasteiger partial charge on any atom is 0.0697 e. The first-order chi connectivity index (χ1) is 8.95. The van der Waals surface area contributed by atoms with E-state index in [0.29, 0.717) is 0 Å². The van der Waals surface area contributed by atoms with E-state index >= 15 is 0 Å². The summed E-state index contributed by atoms with van der Waals surface area (Å²) in [7, 11) is 1.97. The van der Waals surface area contributed by atoms with Crippen molar-refractivity contribution in [2.45, 2.75) is 33.7 Å². The molecule has 0 bridgehead atoms. The summed E-state index contributed by atoms with van der Waals surface area (Å²) < 4.78 is 3.13. The highest BCUT2D eigenvalue weighted by Crippen LogP contribution is 2.27. The Hall–Kier alpha value is -1.13. The SMILES string of the molecule is CNC(C)c1cc(Br)ccc1-n1nc(C)c(C)c1C. The zero-order valence-corrected chi connectivity index (χ0v) is 13.7. The van der Waals surface area contributed by atoms with Crippen LogP contribution in [0.3, 0.4) is 0 Å². The van der Waals surface area contributed by atoms with Crippen LogP contribution in [-0.4, -0.2) is 16.8 Å². The van der Waals surface area contributed by atoms with Gasteiger partial charge >= 0.3 is 0 Å². The molecular weight excluding hydrogens is 302 g/mol. The quantitative estimate of drug-likeness (QED) is 0.930. The van der Waals surface area contributed by atoms with E-state index in [1.165, 1.54) is 16.8 Å². The number of halogens is 1. The summed E-state index contributed by atoms with van der Waals surface area (Å²) in [6, 6.07) is 6.61. The normalized spacial score (nSPS) is 12.7. The Labute approximate surface area is 123 Å². The van der Waals surface area contributed by atoms with Gasteiger partial charge in [0.05, 0.1) is 11.4 Å². The van der Waals surface area contributed by atoms with Crippen molar-refractivity contribution in [1.82, 2.24) is 15.1 Å². The lowest BCUT2D eigenvalue weighted by atomic mass is 10.1. The third kappa shape index (κ3) is 2.60. The summed E-state index contributed by atoms with van der Waals surface area (Å²) in [5, 5.41) is 7.96. The largest absolute Gasteiger partial charge is 0.313 e. The van der Waals surface area contributed by atoms with Crippen LogP contribution in [0.2, 0.25) is 0 Å². The molecule has 3 nitrogen and oxygen atoms in total. The Kier molecular flexibility index (Phi) is 4.11. The summed E-state index contributed by atoms with van der Waals surface area (Å²) in [6.07, 6.45) is 0. The van der Waals surface area contributed by atoms with Gasteiger partial charge in [-0.2, -0.15) is 5.10 Å². The van der Waals surface area contributed by atoms with Gasteiger partial charge < -0.3 is 5.32 Å². The molecule has 0 saturated carbocycles. The first-order valence-corrected chi connectivity index (χ1v) is 7.25. The van der Waals surface area contributed by atoms with Crippen molar-refractivity contribution in [3.05, 3.63) is 45.2 Å². The van der Waals surface area contributed by atoms with E-state index in [1.807, 2.05) is 11.7 Å². The summed E-state index contributed by atoms with van der Waals surface area (Å²) in [5.41, 5.74) is 5.92. The van der Waals surface area contributed by atoms with Crippen LogP contribution >= 0.6 is 15.9 Å². The highest BCUT2D eigenvalue weighted by molar-refractivity contribution is 9.10. The van der Waals surface area contributed by atoms with E-state index in [0.717, 1.165) is 15.9 Å². The maximum absolute atomic E-state index is 4.66. The molecule has 2 aromatic rings. The highest BCUT2D eigenvalue weighted by atomic mass is 79.9. The monoisotopic (exact) mass is 321 g/mol. The molecule has 0 saturated heterocycles. The van der Waals surface area contributed by atoms with Crippen molar-refractivity contribution in [1.29, 1.82) is 0 Å². The van der Waals surface area contributed by atoms with E-state index in [4.69, 9.17) is 0 Å². The van der Waals surface area contributed by atoms with Crippen LogP contribution in [0.4, 0.5) is 0 Å². The second kappa shape index (κ2) is 5.47. The smallest absolute Gasteiger partial charge is 0.0697 e. The van der Waals surface area contributed by atoms with E-state index in [-0.39, 0.29) is 6.04 Å². The van der Waals surface area contributed by atoms with Crippen LogP contribution in [-0.2, 0) is 0 Å². The number of nitrogens with zero attached hydrogens (tertiary/aromatic N) is 2. The van der Waals surface area contributed by atoms with Gasteiger partial charge in [-0.05, 0) is 64.1 Å². The first-order valence-electron chi connectivity index (χ1n) is 6.45. The fraction of sp³-hybridized carbons (Fsp3) is 0.400. The minimum atomic E-state index is 0.275. The van der Waals surface area contributed by atoms with E-state index in [1.54, 1.807) is 0 Å². The predicted molar refractivity (Wildman–Crippen MR) is 82.9 cm³/mol. The molecular formula is C15H20BrN3. The molecule has 4 heteroatoms.